The van der Waals surface area contributed by atoms with Gasteiger partial charge in [0.25, 0.3) is 0 Å². The summed E-state index contributed by atoms with van der Waals surface area (Å²) >= 11 is 6.14. The van der Waals surface area contributed by atoms with Crippen LogP contribution in [0.15, 0.2) is 54.7 Å². The number of fused-ring (bicyclic) bond motifs is 1. The number of pyridine rings is 1. The third-order valence-corrected chi connectivity index (χ3v) is 4.25. The lowest BCUT2D eigenvalue weighted by Crippen LogP contribution is -2.09. The van der Waals surface area contributed by atoms with Crippen molar-refractivity contribution in [2.45, 2.75) is 6.61 Å². The van der Waals surface area contributed by atoms with Gasteiger partial charge in [-0.1, -0.05) is 17.7 Å². The van der Waals surface area contributed by atoms with Crippen LogP contribution in [0.5, 0.6) is 11.5 Å². The first-order valence-electron chi connectivity index (χ1n) is 8.33. The molecule has 3 aromatic rings. The van der Waals surface area contributed by atoms with E-state index in [1.807, 2.05) is 0 Å². The van der Waals surface area contributed by atoms with Crippen molar-refractivity contribution in [3.05, 3.63) is 76.7 Å². The molecular formula is C20H14ClFN2O4. The van der Waals surface area contributed by atoms with E-state index in [4.69, 9.17) is 25.8 Å². The van der Waals surface area contributed by atoms with Crippen molar-refractivity contribution in [2.75, 3.05) is 12.1 Å². The number of aromatic nitrogens is 1. The van der Waals surface area contributed by atoms with Gasteiger partial charge in [-0.2, -0.15) is 0 Å². The maximum Gasteiger partial charge on any atom is 0.342 e. The van der Waals surface area contributed by atoms with E-state index >= 15 is 0 Å². The minimum atomic E-state index is -0.583. The van der Waals surface area contributed by atoms with Gasteiger partial charge in [-0.3, -0.25) is 0 Å². The molecular weight excluding hydrogens is 387 g/mol. The molecule has 1 aliphatic rings. The van der Waals surface area contributed by atoms with Crippen LogP contribution in [-0.2, 0) is 11.3 Å². The molecule has 1 aliphatic heterocycles. The Bertz CT molecular complexity index is 1040. The van der Waals surface area contributed by atoms with Gasteiger partial charge in [-0.25, -0.2) is 14.2 Å². The second kappa shape index (κ2) is 7.74. The number of hydrogen-bond acceptors (Lipinski definition) is 6. The lowest BCUT2D eigenvalue weighted by molar-refractivity contribution is 0.0473. The zero-order valence-corrected chi connectivity index (χ0v) is 15.2. The Hall–Kier alpha value is -3.32. The molecule has 0 saturated heterocycles. The number of hydrogen-bond donors (Lipinski definition) is 1. The van der Waals surface area contributed by atoms with Gasteiger partial charge in [0.1, 0.15) is 23.8 Å². The number of nitrogens with zero attached hydrogens (tertiary/aromatic N) is 1. The predicted molar refractivity (Wildman–Crippen MR) is 101 cm³/mol. The largest absolute Gasteiger partial charge is 0.457 e. The first kappa shape index (κ1) is 18.1. The highest BCUT2D eigenvalue weighted by molar-refractivity contribution is 6.32. The molecule has 0 aliphatic carbocycles. The summed E-state index contributed by atoms with van der Waals surface area (Å²) in [6, 6.07) is 12.4. The molecule has 0 spiro atoms. The predicted octanol–water partition coefficient (Wildman–Crippen LogP) is 4.70. The number of anilines is 2. The quantitative estimate of drug-likeness (QED) is 0.626. The van der Waals surface area contributed by atoms with Crippen LogP contribution in [0.1, 0.15) is 15.9 Å². The van der Waals surface area contributed by atoms with Gasteiger partial charge in [0.15, 0.2) is 11.5 Å². The summed E-state index contributed by atoms with van der Waals surface area (Å²) < 4.78 is 29.3. The molecule has 4 rings (SSSR count). The SMILES string of the molecule is O=C(OCc1cc(Cl)c2c(c1)OCO2)c1cccnc1Nc1cccc(F)c1. The Kier molecular flexibility index (Phi) is 4.99. The second-order valence-electron chi connectivity index (χ2n) is 5.92. The van der Waals surface area contributed by atoms with Crippen LogP contribution in [0.3, 0.4) is 0 Å². The van der Waals surface area contributed by atoms with Crippen molar-refractivity contribution < 1.29 is 23.4 Å². The summed E-state index contributed by atoms with van der Waals surface area (Å²) in [5, 5.41) is 3.31. The Morgan fingerprint density at radius 3 is 2.96 bits per heavy atom. The molecule has 142 valence electrons. The molecule has 0 unspecified atom stereocenters. The number of benzene rings is 2. The summed E-state index contributed by atoms with van der Waals surface area (Å²) in [6.45, 7) is 0.0899. The third-order valence-electron chi connectivity index (χ3n) is 3.97. The standard InChI is InChI=1S/C20H14ClFN2O4/c21-16-7-12(8-17-18(16)28-11-27-17)10-26-20(25)15-5-2-6-23-19(15)24-14-4-1-3-13(22)9-14/h1-9H,10-11H2,(H,23,24). The molecule has 0 bridgehead atoms. The average Bonchev–Trinajstić information content (AvgIpc) is 3.16. The lowest BCUT2D eigenvalue weighted by atomic mass is 10.2. The Balaban J connectivity index is 1.49. The molecule has 2 heterocycles. The first-order valence-corrected chi connectivity index (χ1v) is 8.71. The fraction of sp³-hybridized carbons (Fsp3) is 0.100. The number of carbonyl (C=O) groups is 1. The maximum absolute atomic E-state index is 13.4. The van der Waals surface area contributed by atoms with E-state index in [1.165, 1.54) is 18.3 Å². The summed E-state index contributed by atoms with van der Waals surface area (Å²) in [6.07, 6.45) is 1.52. The number of carbonyl (C=O) groups excluding carboxylic acids is 1. The Morgan fingerprint density at radius 2 is 2.11 bits per heavy atom. The lowest BCUT2D eigenvalue weighted by Gasteiger charge is -2.11. The van der Waals surface area contributed by atoms with E-state index < -0.39 is 11.8 Å². The van der Waals surface area contributed by atoms with E-state index in [2.05, 4.69) is 10.3 Å². The molecule has 28 heavy (non-hydrogen) atoms. The highest BCUT2D eigenvalue weighted by Crippen LogP contribution is 2.40. The van der Waals surface area contributed by atoms with E-state index in [0.29, 0.717) is 27.8 Å². The van der Waals surface area contributed by atoms with Gasteiger partial charge in [0, 0.05) is 11.9 Å². The zero-order chi connectivity index (χ0) is 19.5. The molecule has 0 saturated carbocycles. The van der Waals surface area contributed by atoms with Crippen LogP contribution in [0.25, 0.3) is 0 Å². The third kappa shape index (κ3) is 3.84. The monoisotopic (exact) mass is 400 g/mol. The maximum atomic E-state index is 13.4. The van der Waals surface area contributed by atoms with Gasteiger partial charge in [-0.05, 0) is 48.0 Å². The number of ether oxygens (including phenoxy) is 3. The highest BCUT2D eigenvalue weighted by Gasteiger charge is 2.20. The molecule has 1 N–H and O–H groups in total. The normalized spacial score (nSPS) is 11.9. The van der Waals surface area contributed by atoms with E-state index in [1.54, 1.807) is 36.4 Å². The van der Waals surface area contributed by atoms with Gasteiger partial charge in [0.05, 0.1) is 5.02 Å². The molecule has 0 fully saturated rings. The van der Waals surface area contributed by atoms with Crippen LogP contribution in [-0.4, -0.2) is 17.7 Å². The molecule has 6 nitrogen and oxygen atoms in total. The molecule has 0 amide bonds. The highest BCUT2D eigenvalue weighted by atomic mass is 35.5. The number of nitrogens with one attached hydrogen (secondary N) is 1. The molecule has 0 atom stereocenters. The van der Waals surface area contributed by atoms with Crippen molar-refractivity contribution >= 4 is 29.1 Å². The van der Waals surface area contributed by atoms with Crippen molar-refractivity contribution in [1.29, 1.82) is 0 Å². The topological polar surface area (TPSA) is 69.7 Å². The van der Waals surface area contributed by atoms with E-state index in [0.717, 1.165) is 0 Å². The fourth-order valence-electron chi connectivity index (χ4n) is 2.70. The van der Waals surface area contributed by atoms with Crippen LogP contribution in [0.2, 0.25) is 5.02 Å². The number of rotatable bonds is 5. The summed E-state index contributed by atoms with van der Waals surface area (Å²) in [5.74, 6) is 0.270. The second-order valence-corrected chi connectivity index (χ2v) is 6.33. The van der Waals surface area contributed by atoms with Crippen LogP contribution >= 0.6 is 11.6 Å². The fourth-order valence-corrected chi connectivity index (χ4v) is 2.99. The van der Waals surface area contributed by atoms with E-state index in [-0.39, 0.29) is 24.8 Å². The zero-order valence-electron chi connectivity index (χ0n) is 14.4. The van der Waals surface area contributed by atoms with E-state index in [9.17, 15) is 9.18 Å². The summed E-state index contributed by atoms with van der Waals surface area (Å²) in [4.78, 5) is 16.7. The number of halogens is 2. The molecule has 2 aromatic carbocycles. The van der Waals surface area contributed by atoms with Crippen LogP contribution < -0.4 is 14.8 Å². The molecule has 1 aromatic heterocycles. The van der Waals surface area contributed by atoms with Crippen molar-refractivity contribution in [3.8, 4) is 11.5 Å². The minimum absolute atomic E-state index is 0.0104. The Morgan fingerprint density at radius 1 is 1.21 bits per heavy atom. The average molecular weight is 401 g/mol. The van der Waals surface area contributed by atoms with Crippen LogP contribution in [0.4, 0.5) is 15.9 Å². The van der Waals surface area contributed by atoms with Gasteiger partial charge in [-0.15, -0.1) is 0 Å². The van der Waals surface area contributed by atoms with Crippen molar-refractivity contribution in [3.63, 3.8) is 0 Å². The minimum Gasteiger partial charge on any atom is -0.457 e. The molecule has 8 heteroatoms. The Labute approximate surface area is 164 Å². The first-order chi connectivity index (χ1) is 13.6. The molecule has 0 radical (unpaired) electrons. The van der Waals surface area contributed by atoms with Crippen molar-refractivity contribution in [1.82, 2.24) is 4.98 Å². The number of esters is 1. The van der Waals surface area contributed by atoms with Gasteiger partial charge in [0.2, 0.25) is 6.79 Å². The van der Waals surface area contributed by atoms with Gasteiger partial charge < -0.3 is 19.5 Å². The summed E-state index contributed by atoms with van der Waals surface area (Å²) in [7, 11) is 0. The smallest absolute Gasteiger partial charge is 0.342 e. The van der Waals surface area contributed by atoms with Crippen LogP contribution in [0, 0.1) is 5.82 Å². The summed E-state index contributed by atoms with van der Waals surface area (Å²) in [5.41, 5.74) is 1.35. The van der Waals surface area contributed by atoms with Crippen molar-refractivity contribution in [2.24, 2.45) is 0 Å². The van der Waals surface area contributed by atoms with Gasteiger partial charge >= 0.3 is 5.97 Å².